The summed E-state index contributed by atoms with van der Waals surface area (Å²) in [5.41, 5.74) is 0.0184. The highest BCUT2D eigenvalue weighted by Crippen LogP contribution is 2.28. The van der Waals surface area contributed by atoms with Crippen LogP contribution >= 0.6 is 0 Å². The second-order valence-electron chi connectivity index (χ2n) is 7.48. The maximum absolute atomic E-state index is 13.0. The topological polar surface area (TPSA) is 105 Å². The van der Waals surface area contributed by atoms with Gasteiger partial charge in [0.25, 0.3) is 5.82 Å². The van der Waals surface area contributed by atoms with Crippen molar-refractivity contribution in [1.29, 1.82) is 0 Å². The van der Waals surface area contributed by atoms with Gasteiger partial charge in [0.05, 0.1) is 0 Å². The van der Waals surface area contributed by atoms with Crippen LogP contribution in [0.1, 0.15) is 32.5 Å². The summed E-state index contributed by atoms with van der Waals surface area (Å²) in [6.07, 6.45) is -3.54. The molecule has 164 valence electrons. The summed E-state index contributed by atoms with van der Waals surface area (Å²) in [5, 5.41) is 16.3. The number of rotatable bonds is 6. The third-order valence-electron chi connectivity index (χ3n) is 4.94. The lowest BCUT2D eigenvalue weighted by atomic mass is 9.96. The SMILES string of the molecule is CC(C)C(=O)NCCNC(=O)C1CCN(c2ccc3nnc(C(F)(F)F)n3n2)CC1. The first-order valence-electron chi connectivity index (χ1n) is 9.77. The Morgan fingerprint density at radius 2 is 1.80 bits per heavy atom. The number of amides is 2. The zero-order valence-corrected chi connectivity index (χ0v) is 16.7. The molecule has 3 rings (SSSR count). The van der Waals surface area contributed by atoms with E-state index in [1.54, 1.807) is 19.9 Å². The van der Waals surface area contributed by atoms with Gasteiger partial charge < -0.3 is 15.5 Å². The first kappa shape index (κ1) is 21.8. The molecule has 3 heterocycles. The average molecular weight is 427 g/mol. The van der Waals surface area contributed by atoms with Gasteiger partial charge in [-0.25, -0.2) is 0 Å². The molecular weight excluding hydrogens is 403 g/mol. The maximum atomic E-state index is 13.0. The smallest absolute Gasteiger partial charge is 0.355 e. The van der Waals surface area contributed by atoms with Crippen molar-refractivity contribution in [3.63, 3.8) is 0 Å². The molecule has 12 heteroatoms. The number of hydrogen-bond acceptors (Lipinski definition) is 6. The molecule has 2 aromatic rings. The van der Waals surface area contributed by atoms with Crippen LogP contribution in [0.2, 0.25) is 0 Å². The number of nitrogens with one attached hydrogen (secondary N) is 2. The highest BCUT2D eigenvalue weighted by molar-refractivity contribution is 5.79. The van der Waals surface area contributed by atoms with E-state index in [0.29, 0.717) is 49.4 Å². The van der Waals surface area contributed by atoms with Crippen molar-refractivity contribution in [1.82, 2.24) is 30.4 Å². The Bertz CT molecular complexity index is 905. The van der Waals surface area contributed by atoms with Crippen molar-refractivity contribution >= 4 is 23.3 Å². The molecule has 2 N–H and O–H groups in total. The minimum atomic E-state index is -4.65. The molecule has 1 aliphatic rings. The van der Waals surface area contributed by atoms with Gasteiger partial charge in [0.2, 0.25) is 11.8 Å². The standard InChI is InChI=1S/C18H24F3N7O2/c1-11(2)15(29)22-7-8-23-16(30)12-5-9-27(10-6-12)14-4-3-13-24-25-17(18(19,20)21)28(13)26-14/h3-4,11-12H,5-10H2,1-2H3,(H,22,29)(H,23,30). The van der Waals surface area contributed by atoms with Gasteiger partial charge in [-0.3, -0.25) is 9.59 Å². The molecule has 0 aromatic carbocycles. The summed E-state index contributed by atoms with van der Waals surface area (Å²) in [5.74, 6) is -1.24. The molecule has 0 bridgehead atoms. The molecule has 0 unspecified atom stereocenters. The fourth-order valence-electron chi connectivity index (χ4n) is 3.22. The van der Waals surface area contributed by atoms with E-state index in [9.17, 15) is 22.8 Å². The minimum absolute atomic E-state index is 0.0184. The zero-order chi connectivity index (χ0) is 21.9. The summed E-state index contributed by atoms with van der Waals surface area (Å²) in [4.78, 5) is 25.6. The number of piperidine rings is 1. The molecule has 9 nitrogen and oxygen atoms in total. The number of carbonyl (C=O) groups excluding carboxylic acids is 2. The molecule has 2 aromatic heterocycles. The average Bonchev–Trinajstić information content (AvgIpc) is 3.14. The molecule has 1 aliphatic heterocycles. The Kier molecular flexibility index (Phi) is 6.42. The fraction of sp³-hybridized carbons (Fsp3) is 0.611. The van der Waals surface area contributed by atoms with Gasteiger partial charge in [0, 0.05) is 38.0 Å². The highest BCUT2D eigenvalue weighted by atomic mass is 19.4. The predicted octanol–water partition coefficient (Wildman–Crippen LogP) is 1.25. The Morgan fingerprint density at radius 3 is 2.43 bits per heavy atom. The normalized spacial score (nSPS) is 15.6. The molecule has 2 amide bonds. The number of fused-ring (bicyclic) bond motifs is 1. The fourth-order valence-corrected chi connectivity index (χ4v) is 3.22. The summed E-state index contributed by atoms with van der Waals surface area (Å²) in [7, 11) is 0. The molecule has 0 spiro atoms. The number of nitrogens with zero attached hydrogens (tertiary/aromatic N) is 5. The number of carbonyl (C=O) groups is 2. The molecule has 0 saturated carbocycles. The Morgan fingerprint density at radius 1 is 1.13 bits per heavy atom. The first-order chi connectivity index (χ1) is 14.2. The largest absolute Gasteiger partial charge is 0.453 e. The van der Waals surface area contributed by atoms with E-state index < -0.39 is 12.0 Å². The second-order valence-corrected chi connectivity index (χ2v) is 7.48. The number of anilines is 1. The third-order valence-corrected chi connectivity index (χ3v) is 4.94. The van der Waals surface area contributed by atoms with E-state index in [4.69, 9.17) is 0 Å². The van der Waals surface area contributed by atoms with E-state index in [0.717, 1.165) is 0 Å². The van der Waals surface area contributed by atoms with Crippen LogP contribution < -0.4 is 15.5 Å². The lowest BCUT2D eigenvalue weighted by molar-refractivity contribution is -0.146. The van der Waals surface area contributed by atoms with Gasteiger partial charge in [-0.1, -0.05) is 13.8 Å². The summed E-state index contributed by atoms with van der Waals surface area (Å²) < 4.78 is 39.8. The van der Waals surface area contributed by atoms with Crippen molar-refractivity contribution in [2.45, 2.75) is 32.9 Å². The molecular formula is C18H24F3N7O2. The van der Waals surface area contributed by atoms with Crippen LogP contribution in [-0.4, -0.2) is 57.8 Å². The van der Waals surface area contributed by atoms with E-state index in [2.05, 4.69) is 25.9 Å². The number of alkyl halides is 3. The van der Waals surface area contributed by atoms with Crippen LogP contribution in [0.3, 0.4) is 0 Å². The van der Waals surface area contributed by atoms with Crippen molar-refractivity contribution in [3.05, 3.63) is 18.0 Å². The van der Waals surface area contributed by atoms with Crippen molar-refractivity contribution in [3.8, 4) is 0 Å². The summed E-state index contributed by atoms with van der Waals surface area (Å²) in [6, 6.07) is 3.04. The molecule has 30 heavy (non-hydrogen) atoms. The first-order valence-corrected chi connectivity index (χ1v) is 9.77. The van der Waals surface area contributed by atoms with Crippen molar-refractivity contribution in [2.75, 3.05) is 31.1 Å². The third kappa shape index (κ3) is 4.97. The van der Waals surface area contributed by atoms with Crippen molar-refractivity contribution < 1.29 is 22.8 Å². The van der Waals surface area contributed by atoms with Gasteiger partial charge in [0.15, 0.2) is 5.65 Å². The Hall–Kier alpha value is -2.92. The van der Waals surface area contributed by atoms with Crippen LogP contribution in [0.5, 0.6) is 0 Å². The van der Waals surface area contributed by atoms with Gasteiger partial charge >= 0.3 is 6.18 Å². The summed E-state index contributed by atoms with van der Waals surface area (Å²) >= 11 is 0. The second kappa shape index (κ2) is 8.84. The van der Waals surface area contributed by atoms with E-state index >= 15 is 0 Å². The highest BCUT2D eigenvalue weighted by Gasteiger charge is 2.38. The molecule has 0 radical (unpaired) electrons. The lowest BCUT2D eigenvalue weighted by Gasteiger charge is -2.32. The minimum Gasteiger partial charge on any atom is -0.355 e. The van der Waals surface area contributed by atoms with Gasteiger partial charge in [0.1, 0.15) is 5.82 Å². The van der Waals surface area contributed by atoms with Crippen LogP contribution in [-0.2, 0) is 15.8 Å². The van der Waals surface area contributed by atoms with Gasteiger partial charge in [-0.15, -0.1) is 15.3 Å². The Labute approximate surface area is 171 Å². The number of halogens is 3. The van der Waals surface area contributed by atoms with E-state index in [1.807, 2.05) is 4.90 Å². The quantitative estimate of drug-likeness (QED) is 0.673. The van der Waals surface area contributed by atoms with Gasteiger partial charge in [-0.05, 0) is 25.0 Å². The molecule has 0 atom stereocenters. The van der Waals surface area contributed by atoms with Crippen molar-refractivity contribution in [2.24, 2.45) is 11.8 Å². The summed E-state index contributed by atoms with van der Waals surface area (Å²) in [6.45, 7) is 5.28. The number of hydrogen-bond donors (Lipinski definition) is 2. The Balaban J connectivity index is 1.53. The maximum Gasteiger partial charge on any atom is 0.453 e. The van der Waals surface area contributed by atoms with Crippen LogP contribution in [0.25, 0.3) is 5.65 Å². The van der Waals surface area contributed by atoms with E-state index in [1.165, 1.54) is 6.07 Å². The van der Waals surface area contributed by atoms with Gasteiger partial charge in [-0.2, -0.15) is 17.7 Å². The van der Waals surface area contributed by atoms with Crippen LogP contribution in [0.4, 0.5) is 19.0 Å². The predicted molar refractivity (Wildman–Crippen MR) is 102 cm³/mol. The monoisotopic (exact) mass is 427 g/mol. The molecule has 1 fully saturated rings. The lowest BCUT2D eigenvalue weighted by Crippen LogP contribution is -2.43. The van der Waals surface area contributed by atoms with Crippen LogP contribution in [0, 0.1) is 11.8 Å². The van der Waals surface area contributed by atoms with Crippen LogP contribution in [0.15, 0.2) is 12.1 Å². The zero-order valence-electron chi connectivity index (χ0n) is 16.7. The van der Waals surface area contributed by atoms with E-state index in [-0.39, 0.29) is 29.3 Å². The molecule has 0 aliphatic carbocycles. The number of aromatic nitrogens is 4. The molecule has 1 saturated heterocycles.